The Hall–Kier alpha value is -1.16. The van der Waals surface area contributed by atoms with Crippen molar-refractivity contribution in [1.82, 2.24) is 4.90 Å². The highest BCUT2D eigenvalue weighted by atomic mass is 79.9. The van der Waals surface area contributed by atoms with Crippen LogP contribution < -0.4 is 0 Å². The highest BCUT2D eigenvalue weighted by molar-refractivity contribution is 9.10. The van der Waals surface area contributed by atoms with Crippen molar-refractivity contribution < 1.29 is 5.11 Å². The topological polar surface area (TPSA) is 23.5 Å². The fourth-order valence-corrected chi connectivity index (χ4v) is 2.61. The summed E-state index contributed by atoms with van der Waals surface area (Å²) in [5.74, 6) is 0. The van der Waals surface area contributed by atoms with Gasteiger partial charge in [0.2, 0.25) is 0 Å². The van der Waals surface area contributed by atoms with E-state index in [1.54, 1.807) is 0 Å². The summed E-state index contributed by atoms with van der Waals surface area (Å²) in [6, 6.07) is 18.4. The average Bonchev–Trinajstić information content (AvgIpc) is 2.52. The minimum Gasteiger partial charge on any atom is -0.388 e. The van der Waals surface area contributed by atoms with Crippen molar-refractivity contribution in [3.63, 3.8) is 0 Å². The van der Waals surface area contributed by atoms with E-state index < -0.39 is 6.10 Å². The van der Waals surface area contributed by atoms with Crippen molar-refractivity contribution in [2.75, 3.05) is 13.1 Å². The number of halogens is 1. The molecule has 1 atom stereocenters. The van der Waals surface area contributed by atoms with Crippen LogP contribution in [0.3, 0.4) is 0 Å². The summed E-state index contributed by atoms with van der Waals surface area (Å²) in [5, 5.41) is 10.3. The molecule has 0 aliphatic carbocycles. The normalized spacial score (nSPS) is 12.6. The monoisotopic (exact) mass is 347 g/mol. The number of nitrogens with zero attached hydrogens (tertiary/aromatic N) is 1. The molecule has 21 heavy (non-hydrogen) atoms. The second-order valence-corrected chi connectivity index (χ2v) is 6.13. The van der Waals surface area contributed by atoms with Gasteiger partial charge in [0.25, 0.3) is 0 Å². The van der Waals surface area contributed by atoms with Gasteiger partial charge in [0.1, 0.15) is 0 Å². The first kappa shape index (κ1) is 16.2. The third kappa shape index (κ3) is 5.27. The molecule has 0 spiro atoms. The van der Waals surface area contributed by atoms with Crippen LogP contribution in [0.5, 0.6) is 0 Å². The molecule has 3 heteroatoms. The van der Waals surface area contributed by atoms with E-state index in [4.69, 9.17) is 0 Å². The van der Waals surface area contributed by atoms with Crippen molar-refractivity contribution >= 4 is 15.9 Å². The van der Waals surface area contributed by atoms with E-state index in [0.29, 0.717) is 0 Å². The van der Waals surface area contributed by atoms with Gasteiger partial charge in [0.05, 0.1) is 6.10 Å². The average molecular weight is 348 g/mol. The number of aliphatic hydroxyl groups excluding tert-OH is 1. The van der Waals surface area contributed by atoms with Crippen LogP contribution in [0, 0.1) is 0 Å². The molecule has 0 bridgehead atoms. The van der Waals surface area contributed by atoms with Crippen molar-refractivity contribution in [1.29, 1.82) is 0 Å². The van der Waals surface area contributed by atoms with Gasteiger partial charge < -0.3 is 5.11 Å². The molecule has 0 aromatic heterocycles. The lowest BCUT2D eigenvalue weighted by molar-refractivity contribution is 0.141. The lowest BCUT2D eigenvalue weighted by atomic mass is 10.1. The van der Waals surface area contributed by atoms with Gasteiger partial charge in [-0.25, -0.2) is 0 Å². The van der Waals surface area contributed by atoms with Gasteiger partial charge in [0, 0.05) is 17.6 Å². The molecule has 2 nitrogen and oxygen atoms in total. The quantitative estimate of drug-likeness (QED) is 0.802. The second kappa shape index (κ2) is 8.32. The van der Waals surface area contributed by atoms with E-state index in [1.807, 2.05) is 30.3 Å². The molecule has 1 N–H and O–H groups in total. The summed E-state index contributed by atoms with van der Waals surface area (Å²) in [4.78, 5) is 2.36. The molecule has 2 aromatic rings. The Bertz CT molecular complexity index is 527. The van der Waals surface area contributed by atoms with Gasteiger partial charge in [-0.3, -0.25) is 4.90 Å². The van der Waals surface area contributed by atoms with Gasteiger partial charge in [-0.1, -0.05) is 65.3 Å². The minimum atomic E-state index is -0.400. The number of hydrogen-bond donors (Lipinski definition) is 1. The molecule has 0 saturated heterocycles. The zero-order valence-electron chi connectivity index (χ0n) is 12.4. The van der Waals surface area contributed by atoms with Crippen molar-refractivity contribution in [3.8, 4) is 0 Å². The van der Waals surface area contributed by atoms with Crippen LogP contribution >= 0.6 is 15.9 Å². The van der Waals surface area contributed by atoms with E-state index in [0.717, 1.165) is 36.1 Å². The van der Waals surface area contributed by atoms with Crippen molar-refractivity contribution in [3.05, 3.63) is 70.2 Å². The van der Waals surface area contributed by atoms with Crippen LogP contribution in [0.4, 0.5) is 0 Å². The predicted octanol–water partition coefficient (Wildman–Crippen LogP) is 4.39. The molecule has 0 aliphatic rings. The van der Waals surface area contributed by atoms with Gasteiger partial charge in [-0.2, -0.15) is 0 Å². The molecular weight excluding hydrogens is 326 g/mol. The maximum atomic E-state index is 10.3. The van der Waals surface area contributed by atoms with E-state index in [9.17, 15) is 5.11 Å². The largest absolute Gasteiger partial charge is 0.388 e. The summed E-state index contributed by atoms with van der Waals surface area (Å²) in [6.45, 7) is 4.98. The van der Waals surface area contributed by atoms with Crippen LogP contribution in [0.2, 0.25) is 0 Å². The third-order valence-corrected chi connectivity index (χ3v) is 4.20. The smallest absolute Gasteiger partial charge is 0.0802 e. The zero-order chi connectivity index (χ0) is 15.1. The van der Waals surface area contributed by atoms with Crippen LogP contribution in [0.15, 0.2) is 59.1 Å². The number of hydrogen-bond acceptors (Lipinski definition) is 2. The Balaban J connectivity index is 1.86. The first-order valence-electron chi connectivity index (χ1n) is 7.39. The predicted molar refractivity (Wildman–Crippen MR) is 91.1 cm³/mol. The molecule has 112 valence electrons. The SMILES string of the molecule is CCN(CCC(O)c1ccc(Br)cc1)Cc1ccccc1. The first-order chi connectivity index (χ1) is 10.2. The van der Waals surface area contributed by atoms with Gasteiger partial charge in [-0.05, 0) is 36.2 Å². The molecule has 0 amide bonds. The van der Waals surface area contributed by atoms with E-state index in [-0.39, 0.29) is 0 Å². The van der Waals surface area contributed by atoms with E-state index in [1.165, 1.54) is 5.56 Å². The zero-order valence-corrected chi connectivity index (χ0v) is 14.0. The molecule has 2 aromatic carbocycles. The molecule has 2 rings (SSSR count). The summed E-state index contributed by atoms with van der Waals surface area (Å²) in [7, 11) is 0. The van der Waals surface area contributed by atoms with Gasteiger partial charge in [-0.15, -0.1) is 0 Å². The molecule has 0 aliphatic heterocycles. The highest BCUT2D eigenvalue weighted by Gasteiger charge is 2.10. The lowest BCUT2D eigenvalue weighted by Gasteiger charge is -2.22. The van der Waals surface area contributed by atoms with Crippen molar-refractivity contribution in [2.45, 2.75) is 26.0 Å². The fraction of sp³-hybridized carbons (Fsp3) is 0.333. The van der Waals surface area contributed by atoms with E-state index >= 15 is 0 Å². The number of benzene rings is 2. The Morgan fingerprint density at radius 1 is 1.05 bits per heavy atom. The maximum absolute atomic E-state index is 10.3. The highest BCUT2D eigenvalue weighted by Crippen LogP contribution is 2.20. The molecule has 1 unspecified atom stereocenters. The number of rotatable bonds is 7. The Labute approximate surface area is 135 Å². The fourth-order valence-electron chi connectivity index (χ4n) is 2.35. The Morgan fingerprint density at radius 2 is 1.71 bits per heavy atom. The Morgan fingerprint density at radius 3 is 2.33 bits per heavy atom. The molecule has 0 fully saturated rings. The molecule has 0 radical (unpaired) electrons. The standard InChI is InChI=1S/C18H22BrNO/c1-2-20(14-15-6-4-3-5-7-15)13-12-18(21)16-8-10-17(19)11-9-16/h3-11,18,21H,2,12-14H2,1H3. The van der Waals surface area contributed by atoms with E-state index in [2.05, 4.69) is 52.0 Å². The lowest BCUT2D eigenvalue weighted by Crippen LogP contribution is -2.25. The molecule has 0 saturated carbocycles. The van der Waals surface area contributed by atoms with Crippen LogP contribution in [-0.4, -0.2) is 23.1 Å². The third-order valence-electron chi connectivity index (χ3n) is 3.67. The van der Waals surface area contributed by atoms with Crippen LogP contribution in [0.1, 0.15) is 30.6 Å². The summed E-state index contributed by atoms with van der Waals surface area (Å²) >= 11 is 3.42. The van der Waals surface area contributed by atoms with Gasteiger partial charge >= 0.3 is 0 Å². The second-order valence-electron chi connectivity index (χ2n) is 5.21. The van der Waals surface area contributed by atoms with Crippen molar-refractivity contribution in [2.24, 2.45) is 0 Å². The molecule has 0 heterocycles. The van der Waals surface area contributed by atoms with Crippen LogP contribution in [-0.2, 0) is 6.54 Å². The summed E-state index contributed by atoms with van der Waals surface area (Å²) < 4.78 is 1.04. The summed E-state index contributed by atoms with van der Waals surface area (Å²) in [5.41, 5.74) is 2.30. The summed E-state index contributed by atoms with van der Waals surface area (Å²) in [6.07, 6.45) is 0.352. The Kier molecular flexibility index (Phi) is 6.43. The minimum absolute atomic E-state index is 0.400. The molecular formula is C18H22BrNO. The maximum Gasteiger partial charge on any atom is 0.0802 e. The number of aliphatic hydroxyl groups is 1. The van der Waals surface area contributed by atoms with Crippen LogP contribution in [0.25, 0.3) is 0 Å². The first-order valence-corrected chi connectivity index (χ1v) is 8.18. The van der Waals surface area contributed by atoms with Gasteiger partial charge in [0.15, 0.2) is 0 Å².